The van der Waals surface area contributed by atoms with Crippen molar-refractivity contribution in [3.8, 4) is 17.2 Å². The van der Waals surface area contributed by atoms with Gasteiger partial charge in [-0.2, -0.15) is 4.31 Å². The molecule has 3 rings (SSSR count). The number of fused-ring (bicyclic) bond motifs is 2. The van der Waals surface area contributed by atoms with Crippen molar-refractivity contribution in [2.24, 2.45) is 0 Å². The maximum absolute atomic E-state index is 12.9. The van der Waals surface area contributed by atoms with Gasteiger partial charge in [-0.25, -0.2) is 8.42 Å². The van der Waals surface area contributed by atoms with Gasteiger partial charge < -0.3 is 19.5 Å². The molecule has 8 nitrogen and oxygen atoms in total. The third-order valence-corrected chi connectivity index (χ3v) is 6.70. The van der Waals surface area contributed by atoms with Gasteiger partial charge in [0.15, 0.2) is 11.5 Å². The second-order valence-electron chi connectivity index (χ2n) is 7.00. The van der Waals surface area contributed by atoms with Gasteiger partial charge in [-0.15, -0.1) is 0 Å². The Hall–Kier alpha value is -2.00. The number of carbonyl (C=O) groups is 1. The molecule has 0 saturated carbocycles. The normalized spacial score (nSPS) is 25.1. The molecule has 1 aromatic rings. The molecular weight excluding hydrogens is 372 g/mol. The highest BCUT2D eigenvalue weighted by molar-refractivity contribution is 7.88. The standard InChI is InChI=1S/C18H26N2O6S/c1-24-15-8-7-14(16(25-2)17(15)26-3)18(21)19-11-9-12-5-6-13(10-11)20(12)27(4,22)23/h7-8,11-13H,5-6,9-10H2,1-4H3,(H,19,21). The Labute approximate surface area is 159 Å². The molecule has 1 amide bonds. The van der Waals surface area contributed by atoms with E-state index in [4.69, 9.17) is 14.2 Å². The van der Waals surface area contributed by atoms with Crippen LogP contribution in [0.15, 0.2) is 12.1 Å². The van der Waals surface area contributed by atoms with Gasteiger partial charge >= 0.3 is 0 Å². The quantitative estimate of drug-likeness (QED) is 0.778. The van der Waals surface area contributed by atoms with Crippen LogP contribution in [0, 0.1) is 0 Å². The summed E-state index contributed by atoms with van der Waals surface area (Å²) in [5, 5.41) is 3.03. The zero-order valence-corrected chi connectivity index (χ0v) is 16.8. The van der Waals surface area contributed by atoms with Gasteiger partial charge in [0.05, 0.1) is 33.1 Å². The summed E-state index contributed by atoms with van der Waals surface area (Å²) in [7, 11) is 1.25. The molecule has 2 atom stereocenters. The first-order chi connectivity index (χ1) is 12.8. The molecule has 2 saturated heterocycles. The maximum Gasteiger partial charge on any atom is 0.255 e. The summed E-state index contributed by atoms with van der Waals surface area (Å²) < 4.78 is 41.6. The van der Waals surface area contributed by atoms with Gasteiger partial charge in [0, 0.05) is 18.1 Å². The lowest BCUT2D eigenvalue weighted by atomic mass is 9.99. The molecule has 0 aliphatic carbocycles. The summed E-state index contributed by atoms with van der Waals surface area (Å²) in [4.78, 5) is 12.9. The van der Waals surface area contributed by atoms with Crippen molar-refractivity contribution >= 4 is 15.9 Å². The number of carbonyl (C=O) groups excluding carboxylic acids is 1. The third kappa shape index (κ3) is 3.70. The van der Waals surface area contributed by atoms with Crippen LogP contribution in [0.4, 0.5) is 0 Å². The van der Waals surface area contributed by atoms with Gasteiger partial charge in [0.2, 0.25) is 15.8 Å². The first-order valence-electron chi connectivity index (χ1n) is 8.88. The Balaban J connectivity index is 1.78. The lowest BCUT2D eigenvalue weighted by Gasteiger charge is -2.37. The number of hydrogen-bond acceptors (Lipinski definition) is 6. The lowest BCUT2D eigenvalue weighted by molar-refractivity contribution is 0.0905. The number of nitrogens with one attached hydrogen (secondary N) is 1. The molecule has 2 bridgehead atoms. The van der Waals surface area contributed by atoms with Crippen molar-refractivity contribution in [3.63, 3.8) is 0 Å². The van der Waals surface area contributed by atoms with E-state index in [1.807, 2.05) is 0 Å². The molecule has 2 unspecified atom stereocenters. The molecule has 0 spiro atoms. The number of nitrogens with zero attached hydrogens (tertiary/aromatic N) is 1. The highest BCUT2D eigenvalue weighted by Gasteiger charge is 2.45. The number of methoxy groups -OCH3 is 3. The van der Waals surface area contributed by atoms with Gasteiger partial charge in [0.25, 0.3) is 5.91 Å². The Morgan fingerprint density at radius 2 is 1.63 bits per heavy atom. The molecule has 2 fully saturated rings. The van der Waals surface area contributed by atoms with Crippen LogP contribution >= 0.6 is 0 Å². The lowest BCUT2D eigenvalue weighted by Crippen LogP contribution is -2.52. The Kier molecular flexibility index (Phi) is 5.53. The van der Waals surface area contributed by atoms with Gasteiger partial charge in [-0.3, -0.25) is 4.79 Å². The monoisotopic (exact) mass is 398 g/mol. The number of rotatable bonds is 6. The van der Waals surface area contributed by atoms with E-state index in [2.05, 4.69) is 5.32 Å². The summed E-state index contributed by atoms with van der Waals surface area (Å²) in [6, 6.07) is 3.13. The summed E-state index contributed by atoms with van der Waals surface area (Å²) in [5.41, 5.74) is 0.355. The smallest absolute Gasteiger partial charge is 0.255 e. The van der Waals surface area contributed by atoms with Crippen LogP contribution in [-0.2, 0) is 10.0 Å². The number of ether oxygens (including phenoxy) is 3. The highest BCUT2D eigenvalue weighted by atomic mass is 32.2. The highest BCUT2D eigenvalue weighted by Crippen LogP contribution is 2.40. The van der Waals surface area contributed by atoms with Crippen molar-refractivity contribution in [2.75, 3.05) is 27.6 Å². The fraction of sp³-hybridized carbons (Fsp3) is 0.611. The summed E-state index contributed by atoms with van der Waals surface area (Å²) >= 11 is 0. The maximum atomic E-state index is 12.9. The van der Waals surface area contributed by atoms with Crippen LogP contribution in [-0.4, -0.2) is 64.3 Å². The minimum Gasteiger partial charge on any atom is -0.493 e. The first kappa shape index (κ1) is 19.8. The minimum atomic E-state index is -3.22. The van der Waals surface area contributed by atoms with Crippen molar-refractivity contribution < 1.29 is 27.4 Å². The van der Waals surface area contributed by atoms with Crippen LogP contribution in [0.2, 0.25) is 0 Å². The van der Waals surface area contributed by atoms with E-state index in [0.29, 0.717) is 35.7 Å². The van der Waals surface area contributed by atoms with E-state index in [0.717, 1.165) is 12.8 Å². The van der Waals surface area contributed by atoms with Crippen LogP contribution in [0.25, 0.3) is 0 Å². The Morgan fingerprint density at radius 3 is 2.11 bits per heavy atom. The average Bonchev–Trinajstić information content (AvgIpc) is 2.92. The number of sulfonamides is 1. The van der Waals surface area contributed by atoms with Crippen LogP contribution < -0.4 is 19.5 Å². The molecule has 2 heterocycles. The topological polar surface area (TPSA) is 94.2 Å². The Bertz CT molecular complexity index is 811. The largest absolute Gasteiger partial charge is 0.493 e. The molecule has 2 aliphatic heterocycles. The molecule has 9 heteroatoms. The molecule has 27 heavy (non-hydrogen) atoms. The van der Waals surface area contributed by atoms with E-state index in [-0.39, 0.29) is 24.0 Å². The third-order valence-electron chi connectivity index (χ3n) is 5.33. The molecule has 0 aromatic heterocycles. The average molecular weight is 398 g/mol. The number of benzene rings is 1. The number of amides is 1. The van der Waals surface area contributed by atoms with E-state index >= 15 is 0 Å². The van der Waals surface area contributed by atoms with Crippen molar-refractivity contribution in [3.05, 3.63) is 17.7 Å². The second-order valence-corrected chi connectivity index (χ2v) is 8.89. The molecule has 0 radical (unpaired) electrons. The molecule has 2 aliphatic rings. The summed E-state index contributed by atoms with van der Waals surface area (Å²) in [5.74, 6) is 0.876. The van der Waals surface area contributed by atoms with Crippen molar-refractivity contribution in [1.29, 1.82) is 0 Å². The van der Waals surface area contributed by atoms with E-state index in [1.54, 1.807) is 16.4 Å². The fourth-order valence-corrected chi connectivity index (χ4v) is 5.80. The Morgan fingerprint density at radius 1 is 1.04 bits per heavy atom. The zero-order chi connectivity index (χ0) is 19.8. The molecule has 1 aromatic carbocycles. The van der Waals surface area contributed by atoms with Crippen LogP contribution in [0.1, 0.15) is 36.0 Å². The van der Waals surface area contributed by atoms with Crippen LogP contribution in [0.5, 0.6) is 17.2 Å². The summed E-state index contributed by atoms with van der Waals surface area (Å²) in [6.07, 6.45) is 4.16. The van der Waals surface area contributed by atoms with Crippen molar-refractivity contribution in [2.45, 2.75) is 43.8 Å². The van der Waals surface area contributed by atoms with Crippen molar-refractivity contribution in [1.82, 2.24) is 9.62 Å². The predicted molar refractivity (Wildman–Crippen MR) is 100 cm³/mol. The van der Waals surface area contributed by atoms with Gasteiger partial charge in [-0.1, -0.05) is 0 Å². The fourth-order valence-electron chi connectivity index (χ4n) is 4.34. The van der Waals surface area contributed by atoms with E-state index in [9.17, 15) is 13.2 Å². The van der Waals surface area contributed by atoms with Gasteiger partial charge in [-0.05, 0) is 37.8 Å². The molecule has 150 valence electrons. The summed E-state index contributed by atoms with van der Waals surface area (Å²) in [6.45, 7) is 0. The van der Waals surface area contributed by atoms with E-state index < -0.39 is 10.0 Å². The minimum absolute atomic E-state index is 0.0450. The number of piperidine rings is 1. The first-order valence-corrected chi connectivity index (χ1v) is 10.7. The molecule has 1 N–H and O–H groups in total. The van der Waals surface area contributed by atoms with Crippen LogP contribution in [0.3, 0.4) is 0 Å². The predicted octanol–water partition coefficient (Wildman–Crippen LogP) is 1.40. The van der Waals surface area contributed by atoms with E-state index in [1.165, 1.54) is 27.6 Å². The molecular formula is C18H26N2O6S. The van der Waals surface area contributed by atoms with Gasteiger partial charge in [0.1, 0.15) is 0 Å². The SMILES string of the molecule is COc1ccc(C(=O)NC2CC3CCC(C2)N3S(C)(=O)=O)c(OC)c1OC. The zero-order valence-electron chi connectivity index (χ0n) is 16.0. The number of hydrogen-bond donors (Lipinski definition) is 1. The second kappa shape index (κ2) is 7.55.